The Balaban J connectivity index is 1.52. The predicted octanol–water partition coefficient (Wildman–Crippen LogP) is 5.05. The summed E-state index contributed by atoms with van der Waals surface area (Å²) < 4.78 is 37.6. The summed E-state index contributed by atoms with van der Waals surface area (Å²) in [5.41, 5.74) is -3.55. The van der Waals surface area contributed by atoms with Crippen LogP contribution in [0.2, 0.25) is 0 Å². The van der Waals surface area contributed by atoms with Crippen LogP contribution in [0.4, 0.5) is 0 Å². The standard InChI is InChI=1S/C35H56O10/c1-19-23-11-18-35(10,44-23)26(40-19)14-17-34(9,39)30-28(43-22(4)38)27(42-21(3)37)29-32(7)15-12-24(41-20(2)36)31(5,6)45-25(32)13-16-33(29,30)8/h19,23-30,39H,11-18H2,1-10H3/t19-,23+,24+,25-,26-,27-,28-,29-,30-,32+,33-,34?,35-/m0/s1. The molecule has 0 amide bonds. The summed E-state index contributed by atoms with van der Waals surface area (Å²) in [5, 5.41) is 12.5. The highest BCUT2D eigenvalue weighted by Gasteiger charge is 2.72. The molecule has 10 nitrogen and oxygen atoms in total. The minimum Gasteiger partial charge on any atom is -0.460 e. The van der Waals surface area contributed by atoms with Gasteiger partial charge in [-0.2, -0.15) is 0 Å². The van der Waals surface area contributed by atoms with E-state index in [2.05, 4.69) is 20.8 Å². The monoisotopic (exact) mass is 636 g/mol. The second-order valence-electron chi connectivity index (χ2n) is 16.2. The zero-order valence-electron chi connectivity index (χ0n) is 29.0. The Morgan fingerprint density at radius 2 is 1.42 bits per heavy atom. The summed E-state index contributed by atoms with van der Waals surface area (Å²) in [7, 11) is 0. The van der Waals surface area contributed by atoms with Gasteiger partial charge in [0, 0.05) is 38.0 Å². The van der Waals surface area contributed by atoms with Gasteiger partial charge in [0.15, 0.2) is 0 Å². The van der Waals surface area contributed by atoms with Crippen molar-refractivity contribution in [3.05, 3.63) is 0 Å². The molecule has 45 heavy (non-hydrogen) atoms. The minimum absolute atomic E-state index is 0.0171. The van der Waals surface area contributed by atoms with Crippen molar-refractivity contribution in [3.8, 4) is 0 Å². The lowest BCUT2D eigenvalue weighted by Gasteiger charge is -2.56. The third kappa shape index (κ3) is 6.06. The van der Waals surface area contributed by atoms with E-state index in [4.69, 9.17) is 28.4 Å². The molecule has 10 heteroatoms. The first kappa shape index (κ1) is 34.6. The number of hydrogen-bond donors (Lipinski definition) is 1. The predicted molar refractivity (Wildman–Crippen MR) is 164 cm³/mol. The van der Waals surface area contributed by atoms with Crippen LogP contribution in [0.5, 0.6) is 0 Å². The van der Waals surface area contributed by atoms with Crippen LogP contribution in [-0.2, 0) is 42.8 Å². The lowest BCUT2D eigenvalue weighted by Crippen LogP contribution is -2.57. The number of esters is 3. The first-order valence-corrected chi connectivity index (χ1v) is 17.0. The molecule has 0 radical (unpaired) electrons. The molecular weight excluding hydrogens is 580 g/mol. The van der Waals surface area contributed by atoms with Crippen molar-refractivity contribution in [3.63, 3.8) is 0 Å². The van der Waals surface area contributed by atoms with E-state index in [1.165, 1.54) is 20.8 Å². The van der Waals surface area contributed by atoms with Crippen molar-refractivity contribution < 1.29 is 47.9 Å². The summed E-state index contributed by atoms with van der Waals surface area (Å²) in [5.74, 6) is -2.15. The maximum atomic E-state index is 12.7. The maximum absolute atomic E-state index is 12.7. The highest BCUT2D eigenvalue weighted by atomic mass is 16.6. The first-order chi connectivity index (χ1) is 20.7. The lowest BCUT2D eigenvalue weighted by molar-refractivity contribution is -0.232. The number of aliphatic hydroxyl groups is 1. The summed E-state index contributed by atoms with van der Waals surface area (Å²) in [4.78, 5) is 37.4. The molecule has 3 heterocycles. The van der Waals surface area contributed by atoms with E-state index in [1.54, 1.807) is 0 Å². The number of ether oxygens (including phenoxy) is 6. The third-order valence-corrected chi connectivity index (χ3v) is 12.4. The van der Waals surface area contributed by atoms with Crippen LogP contribution >= 0.6 is 0 Å². The molecule has 256 valence electrons. The molecule has 5 fully saturated rings. The second kappa shape index (κ2) is 11.7. The fourth-order valence-electron chi connectivity index (χ4n) is 10.5. The van der Waals surface area contributed by atoms with Gasteiger partial charge in [0.2, 0.25) is 0 Å². The Morgan fingerprint density at radius 1 is 0.822 bits per heavy atom. The molecule has 3 aliphatic heterocycles. The van der Waals surface area contributed by atoms with Crippen LogP contribution < -0.4 is 0 Å². The summed E-state index contributed by atoms with van der Waals surface area (Å²) in [6, 6.07) is 0. The van der Waals surface area contributed by atoms with Crippen molar-refractivity contribution in [1.29, 1.82) is 0 Å². The average molecular weight is 637 g/mol. The molecule has 5 rings (SSSR count). The number of fused-ring (bicyclic) bond motifs is 5. The van der Waals surface area contributed by atoms with Crippen LogP contribution in [0.25, 0.3) is 0 Å². The first-order valence-electron chi connectivity index (χ1n) is 17.0. The zero-order chi connectivity index (χ0) is 33.3. The zero-order valence-corrected chi connectivity index (χ0v) is 29.0. The van der Waals surface area contributed by atoms with Gasteiger partial charge in [-0.25, -0.2) is 0 Å². The van der Waals surface area contributed by atoms with Crippen molar-refractivity contribution in [1.82, 2.24) is 0 Å². The molecule has 0 spiro atoms. The van der Waals surface area contributed by atoms with Gasteiger partial charge < -0.3 is 33.5 Å². The fraction of sp³-hybridized carbons (Fsp3) is 0.914. The van der Waals surface area contributed by atoms with E-state index in [9.17, 15) is 19.5 Å². The molecular formula is C35H56O10. The molecule has 13 atom stereocenters. The molecule has 2 saturated carbocycles. The summed E-state index contributed by atoms with van der Waals surface area (Å²) in [6.07, 6.45) is 2.99. The fourth-order valence-corrected chi connectivity index (χ4v) is 10.5. The van der Waals surface area contributed by atoms with Crippen molar-refractivity contribution in [2.45, 2.75) is 180 Å². The molecule has 0 aromatic carbocycles. The highest BCUT2D eigenvalue weighted by Crippen LogP contribution is 2.68. The van der Waals surface area contributed by atoms with Gasteiger partial charge in [0.05, 0.1) is 41.2 Å². The third-order valence-electron chi connectivity index (χ3n) is 12.4. The normalized spacial score (nSPS) is 46.6. The van der Waals surface area contributed by atoms with Crippen LogP contribution in [0.15, 0.2) is 0 Å². The second-order valence-corrected chi connectivity index (χ2v) is 16.2. The molecule has 0 aromatic rings. The van der Waals surface area contributed by atoms with E-state index in [0.29, 0.717) is 38.5 Å². The summed E-state index contributed by atoms with van der Waals surface area (Å²) in [6.45, 7) is 18.4. The molecule has 5 aliphatic rings. The van der Waals surface area contributed by atoms with E-state index >= 15 is 0 Å². The van der Waals surface area contributed by atoms with E-state index in [0.717, 1.165) is 12.8 Å². The number of carbonyl (C=O) groups excluding carboxylic acids is 3. The smallest absolute Gasteiger partial charge is 0.303 e. The van der Waals surface area contributed by atoms with Gasteiger partial charge in [-0.05, 0) is 91.4 Å². The van der Waals surface area contributed by atoms with Crippen LogP contribution in [-0.4, -0.2) is 82.5 Å². The Morgan fingerprint density at radius 3 is 2.04 bits per heavy atom. The van der Waals surface area contributed by atoms with Crippen LogP contribution in [0.1, 0.15) is 121 Å². The number of hydrogen-bond acceptors (Lipinski definition) is 10. The Kier molecular flexibility index (Phi) is 9.02. The molecule has 0 aromatic heterocycles. The van der Waals surface area contributed by atoms with E-state index < -0.39 is 63.8 Å². The Hall–Kier alpha value is -1.75. The van der Waals surface area contributed by atoms with Gasteiger partial charge in [-0.3, -0.25) is 14.4 Å². The maximum Gasteiger partial charge on any atom is 0.303 e. The molecule has 2 bridgehead atoms. The van der Waals surface area contributed by atoms with Gasteiger partial charge in [-0.1, -0.05) is 13.8 Å². The molecule has 3 saturated heterocycles. The van der Waals surface area contributed by atoms with Gasteiger partial charge in [0.1, 0.15) is 18.3 Å². The van der Waals surface area contributed by atoms with Crippen LogP contribution in [0, 0.1) is 22.7 Å². The SMILES string of the molecule is CC(=O)O[C@H]1[C@H](OC(C)=O)[C@H](C(C)(O)CC[C@@H]2O[C@@H](C)[C@H]3CC[C@]2(C)O3)[C@@]2(C)CC[C@@H]3OC(C)(C)[C@H](OC(C)=O)CC[C@@]3(C)[C@H]12. The van der Waals surface area contributed by atoms with Gasteiger partial charge >= 0.3 is 17.9 Å². The number of rotatable bonds is 7. The summed E-state index contributed by atoms with van der Waals surface area (Å²) >= 11 is 0. The topological polar surface area (TPSA) is 127 Å². The Labute approximate surface area is 268 Å². The largest absolute Gasteiger partial charge is 0.460 e. The molecule has 1 unspecified atom stereocenters. The minimum atomic E-state index is -1.30. The quantitative estimate of drug-likeness (QED) is 0.300. The van der Waals surface area contributed by atoms with Gasteiger partial charge in [0.25, 0.3) is 0 Å². The lowest BCUT2D eigenvalue weighted by atomic mass is 9.51. The van der Waals surface area contributed by atoms with Crippen molar-refractivity contribution in [2.75, 3.05) is 0 Å². The van der Waals surface area contributed by atoms with Crippen molar-refractivity contribution in [2.24, 2.45) is 22.7 Å². The average Bonchev–Trinajstić information content (AvgIpc) is 3.35. The van der Waals surface area contributed by atoms with E-state index in [-0.39, 0.29) is 36.3 Å². The number of carbonyl (C=O) groups is 3. The van der Waals surface area contributed by atoms with Crippen LogP contribution in [0.3, 0.4) is 0 Å². The molecule has 2 aliphatic carbocycles. The molecule has 1 N–H and O–H groups in total. The Bertz CT molecular complexity index is 1170. The van der Waals surface area contributed by atoms with Gasteiger partial charge in [-0.15, -0.1) is 0 Å². The van der Waals surface area contributed by atoms with Crippen molar-refractivity contribution >= 4 is 17.9 Å². The highest BCUT2D eigenvalue weighted by molar-refractivity contribution is 5.68. The van der Waals surface area contributed by atoms with E-state index in [1.807, 2.05) is 27.7 Å².